The number of benzene rings is 9. The van der Waals surface area contributed by atoms with Crippen LogP contribution in [0.1, 0.15) is 129 Å². The van der Waals surface area contributed by atoms with Crippen LogP contribution in [0, 0.1) is 0 Å². The van der Waals surface area contributed by atoms with Gasteiger partial charge in [0.15, 0.2) is 0 Å². The zero-order valence-corrected chi connectivity index (χ0v) is 47.0. The van der Waals surface area contributed by atoms with E-state index in [2.05, 4.69) is 305 Å². The number of anilines is 9. The molecule has 1 aliphatic carbocycles. The van der Waals surface area contributed by atoms with Gasteiger partial charge in [0.1, 0.15) is 0 Å². The minimum absolute atomic E-state index is 0.00119. The molecule has 9 aromatic carbocycles. The van der Waals surface area contributed by atoms with E-state index in [0.717, 1.165) is 28.4 Å². The Labute approximate surface area is 454 Å². The molecule has 3 nitrogen and oxygen atoms in total. The lowest BCUT2D eigenvalue weighted by molar-refractivity contribution is 0.521. The molecule has 0 radical (unpaired) electrons. The minimum atomic E-state index is -0.273. The number of fused-ring (bicyclic) bond motifs is 6. The van der Waals surface area contributed by atoms with Crippen molar-refractivity contribution in [2.24, 2.45) is 0 Å². The van der Waals surface area contributed by atoms with Gasteiger partial charge in [-0.1, -0.05) is 217 Å². The molecular weight excluding hydrogens is 918 g/mol. The summed E-state index contributed by atoms with van der Waals surface area (Å²) in [6, 6.07) is 76.5. The lowest BCUT2D eigenvalue weighted by Crippen LogP contribution is -2.62. The zero-order chi connectivity index (χ0) is 53.3. The Morgan fingerprint density at radius 3 is 1.34 bits per heavy atom. The van der Waals surface area contributed by atoms with Crippen molar-refractivity contribution < 1.29 is 0 Å². The van der Waals surface area contributed by atoms with Gasteiger partial charge in [0, 0.05) is 56.2 Å². The molecule has 3 aliphatic rings. The van der Waals surface area contributed by atoms with E-state index >= 15 is 0 Å². The van der Waals surface area contributed by atoms with E-state index in [-0.39, 0.29) is 33.8 Å². The molecular formula is C72H72BN3. The fraction of sp³-hybridized carbons (Fsp3) is 0.250. The summed E-state index contributed by atoms with van der Waals surface area (Å²) in [5, 5.41) is 0. The third kappa shape index (κ3) is 7.93. The van der Waals surface area contributed by atoms with Gasteiger partial charge < -0.3 is 14.7 Å². The molecule has 0 atom stereocenters. The summed E-state index contributed by atoms with van der Waals surface area (Å²) in [6.07, 6.45) is 0. The molecule has 0 N–H and O–H groups in total. The predicted octanol–water partition coefficient (Wildman–Crippen LogP) is 17.8. The molecule has 9 aromatic rings. The number of hydrogen-bond donors (Lipinski definition) is 0. The summed E-state index contributed by atoms with van der Waals surface area (Å²) in [4.78, 5) is 7.72. The topological polar surface area (TPSA) is 9.72 Å². The maximum atomic E-state index is 2.68. The Morgan fingerprint density at radius 1 is 0.355 bits per heavy atom. The monoisotopic (exact) mass is 990 g/mol. The molecule has 4 heteroatoms. The quantitative estimate of drug-likeness (QED) is 0.154. The highest BCUT2D eigenvalue weighted by Gasteiger charge is 2.49. The van der Waals surface area contributed by atoms with Crippen molar-refractivity contribution >= 4 is 74.3 Å². The van der Waals surface area contributed by atoms with Gasteiger partial charge in [-0.25, -0.2) is 0 Å². The first-order valence-corrected chi connectivity index (χ1v) is 27.5. The molecule has 0 fully saturated rings. The van der Waals surface area contributed by atoms with Crippen molar-refractivity contribution in [2.45, 2.75) is 117 Å². The SMILES string of the molecule is CC(C)(C)c1ccc(N2c3ccc(C(C)(C)C)cc3B3c4cc5c(cc4N(c4ccc(C(C)(C)C)cc4-c4ccccc4)c4cc(N(c6ccccc6)c6ccccc6)cc2c43)C(C)(C)c2ccccc2C5(C)C)cc1. The molecule has 0 aromatic heterocycles. The van der Waals surface area contributed by atoms with Crippen molar-refractivity contribution in [1.29, 1.82) is 0 Å². The van der Waals surface area contributed by atoms with E-state index in [1.54, 1.807) is 0 Å². The molecule has 0 spiro atoms. The highest BCUT2D eigenvalue weighted by Crippen LogP contribution is 2.55. The molecule has 378 valence electrons. The molecule has 2 aliphatic heterocycles. The first-order chi connectivity index (χ1) is 36.1. The van der Waals surface area contributed by atoms with Crippen LogP contribution in [0.5, 0.6) is 0 Å². The van der Waals surface area contributed by atoms with Gasteiger partial charge in [-0.15, -0.1) is 0 Å². The van der Waals surface area contributed by atoms with Gasteiger partial charge in [-0.3, -0.25) is 0 Å². The van der Waals surface area contributed by atoms with Crippen LogP contribution in [0.2, 0.25) is 0 Å². The molecule has 0 saturated carbocycles. The van der Waals surface area contributed by atoms with Gasteiger partial charge >= 0.3 is 0 Å². The molecule has 12 rings (SSSR count). The predicted molar refractivity (Wildman–Crippen MR) is 327 cm³/mol. The third-order valence-electron chi connectivity index (χ3n) is 17.1. The van der Waals surface area contributed by atoms with E-state index < -0.39 is 0 Å². The fourth-order valence-corrected chi connectivity index (χ4v) is 12.8. The van der Waals surface area contributed by atoms with Crippen LogP contribution < -0.4 is 31.1 Å². The van der Waals surface area contributed by atoms with Crippen molar-refractivity contribution in [1.82, 2.24) is 0 Å². The smallest absolute Gasteiger partial charge is 0.252 e. The highest BCUT2D eigenvalue weighted by atomic mass is 15.2. The van der Waals surface area contributed by atoms with E-state index in [0.29, 0.717) is 0 Å². The van der Waals surface area contributed by atoms with Crippen molar-refractivity contribution in [2.75, 3.05) is 14.7 Å². The lowest BCUT2D eigenvalue weighted by atomic mass is 9.33. The standard InChI is InChI=1S/C72H72BN3/c1-68(2,3)48-33-37-53(38-34-48)75-63-40-36-50(70(7,8)9)42-60(63)73-61-45-58-59(72(12,13)57-32-24-23-31-56(57)71(58,10)11)46-64(61)76(62-39-35-49(69(4,5)6)41-55(62)47-25-17-14-18-26-47)66-44-54(43-65(75)67(66)73)74(51-27-19-15-20-28-51)52-29-21-16-22-30-52/h14-46H,1-13H3. The normalized spacial score (nSPS) is 15.0. The minimum Gasteiger partial charge on any atom is -0.311 e. The molecule has 0 bridgehead atoms. The average Bonchev–Trinajstić information content (AvgIpc) is 3.51. The summed E-state index contributed by atoms with van der Waals surface area (Å²) < 4.78 is 0. The molecule has 2 heterocycles. The van der Waals surface area contributed by atoms with Crippen LogP contribution in [0.15, 0.2) is 200 Å². The van der Waals surface area contributed by atoms with Gasteiger partial charge in [0.05, 0.1) is 11.4 Å². The number of nitrogens with zero attached hydrogens (tertiary/aromatic N) is 3. The Kier molecular flexibility index (Phi) is 11.4. The second-order valence-electron chi connectivity index (χ2n) is 25.9. The van der Waals surface area contributed by atoms with Gasteiger partial charge in [0.25, 0.3) is 6.71 Å². The van der Waals surface area contributed by atoms with Crippen LogP contribution >= 0.6 is 0 Å². The summed E-state index contributed by atoms with van der Waals surface area (Å²) in [7, 11) is 0. The zero-order valence-electron chi connectivity index (χ0n) is 47.0. The van der Waals surface area contributed by atoms with Crippen LogP contribution in [0.4, 0.5) is 51.2 Å². The Hall–Kier alpha value is -7.56. The van der Waals surface area contributed by atoms with E-state index in [1.165, 1.54) is 89.2 Å². The number of rotatable bonds is 6. The molecule has 76 heavy (non-hydrogen) atoms. The van der Waals surface area contributed by atoms with Gasteiger partial charge in [-0.2, -0.15) is 0 Å². The fourth-order valence-electron chi connectivity index (χ4n) is 12.8. The second-order valence-corrected chi connectivity index (χ2v) is 25.9. The number of para-hydroxylation sites is 2. The van der Waals surface area contributed by atoms with E-state index in [1.807, 2.05) is 0 Å². The molecule has 0 amide bonds. The molecule has 0 saturated heterocycles. The largest absolute Gasteiger partial charge is 0.311 e. The van der Waals surface area contributed by atoms with Crippen molar-refractivity contribution in [3.05, 3.63) is 239 Å². The van der Waals surface area contributed by atoms with E-state index in [4.69, 9.17) is 0 Å². The van der Waals surface area contributed by atoms with E-state index in [9.17, 15) is 0 Å². The van der Waals surface area contributed by atoms with Crippen LogP contribution in [-0.4, -0.2) is 6.71 Å². The molecule has 0 unspecified atom stereocenters. The Morgan fingerprint density at radius 2 is 0.803 bits per heavy atom. The van der Waals surface area contributed by atoms with Crippen LogP contribution in [0.3, 0.4) is 0 Å². The van der Waals surface area contributed by atoms with Crippen molar-refractivity contribution in [3.63, 3.8) is 0 Å². The maximum absolute atomic E-state index is 2.68. The Bertz CT molecular complexity index is 3660. The van der Waals surface area contributed by atoms with Crippen molar-refractivity contribution in [3.8, 4) is 11.1 Å². The van der Waals surface area contributed by atoms with Crippen LogP contribution in [0.25, 0.3) is 11.1 Å². The summed E-state index contributed by atoms with van der Waals surface area (Å²) in [6.45, 7) is 30.7. The summed E-state index contributed by atoms with van der Waals surface area (Å²) in [5.74, 6) is 0. The van der Waals surface area contributed by atoms with Crippen LogP contribution in [-0.2, 0) is 27.1 Å². The summed E-state index contributed by atoms with van der Waals surface area (Å²) >= 11 is 0. The van der Waals surface area contributed by atoms with Gasteiger partial charge in [0.2, 0.25) is 0 Å². The summed E-state index contributed by atoms with van der Waals surface area (Å²) in [5.41, 5.74) is 25.6. The number of hydrogen-bond acceptors (Lipinski definition) is 3. The average molecular weight is 990 g/mol. The first kappa shape index (κ1) is 49.3. The highest BCUT2D eigenvalue weighted by molar-refractivity contribution is 7.00. The third-order valence-corrected chi connectivity index (χ3v) is 17.1. The first-order valence-electron chi connectivity index (χ1n) is 27.5. The van der Waals surface area contributed by atoms with Gasteiger partial charge in [-0.05, 0) is 150 Å². The second kappa shape index (κ2) is 17.5. The lowest BCUT2D eigenvalue weighted by Gasteiger charge is -2.48. The maximum Gasteiger partial charge on any atom is 0.252 e. The Balaban J connectivity index is 1.27.